The highest BCUT2D eigenvalue weighted by Gasteiger charge is 2.30. The van der Waals surface area contributed by atoms with Crippen LogP contribution in [0.4, 0.5) is 10.1 Å². The highest BCUT2D eigenvalue weighted by Crippen LogP contribution is 2.30. The van der Waals surface area contributed by atoms with Gasteiger partial charge in [-0.1, -0.05) is 12.1 Å². The summed E-state index contributed by atoms with van der Waals surface area (Å²) in [5.74, 6) is -0.223. The number of piperidine rings is 1. The first-order valence-corrected chi connectivity index (χ1v) is 7.48. The number of β-amino-alcohol motifs (C(OH)–C–C–N with tert-alkyl or cyclic N) is 1. The molecule has 1 saturated heterocycles. The van der Waals surface area contributed by atoms with Crippen LogP contribution in [0.3, 0.4) is 0 Å². The molecule has 1 aliphatic rings. The average Bonchev–Trinajstić information content (AvgIpc) is 2.42. The molecule has 1 aromatic carbocycles. The third kappa shape index (κ3) is 4.40. The Hall–Kier alpha value is -1.17. The van der Waals surface area contributed by atoms with Gasteiger partial charge in [0.2, 0.25) is 0 Å². The number of halogens is 1. The summed E-state index contributed by atoms with van der Waals surface area (Å²) in [5, 5.41) is 13.5. The lowest BCUT2D eigenvalue weighted by atomic mass is 9.94. The Morgan fingerprint density at radius 3 is 3.00 bits per heavy atom. The zero-order chi connectivity index (χ0) is 15.3. The van der Waals surface area contributed by atoms with Gasteiger partial charge in [0.1, 0.15) is 5.82 Å². The quantitative estimate of drug-likeness (QED) is 0.787. The predicted octanol–water partition coefficient (Wildman–Crippen LogP) is 1.91. The molecule has 118 valence electrons. The summed E-state index contributed by atoms with van der Waals surface area (Å²) in [6, 6.07) is 5.15. The molecule has 0 saturated carbocycles. The molecular formula is C16H25FN2O2. The zero-order valence-corrected chi connectivity index (χ0v) is 12.9. The second-order valence-electron chi connectivity index (χ2n) is 5.94. The summed E-state index contributed by atoms with van der Waals surface area (Å²) in [5.41, 5.74) is 0.785. The molecule has 21 heavy (non-hydrogen) atoms. The summed E-state index contributed by atoms with van der Waals surface area (Å²) >= 11 is 0. The van der Waals surface area contributed by atoms with Gasteiger partial charge in [0.15, 0.2) is 0 Å². The van der Waals surface area contributed by atoms with Crippen molar-refractivity contribution in [2.24, 2.45) is 0 Å². The number of hydrogen-bond donors (Lipinski definition) is 2. The van der Waals surface area contributed by atoms with Gasteiger partial charge in [-0.05, 0) is 31.4 Å². The smallest absolute Gasteiger partial charge is 0.146 e. The summed E-state index contributed by atoms with van der Waals surface area (Å²) in [6.07, 6.45) is 1.64. The Kier molecular flexibility index (Phi) is 5.56. The minimum Gasteiger partial charge on any atom is -0.388 e. The Morgan fingerprint density at radius 1 is 1.48 bits per heavy atom. The van der Waals surface area contributed by atoms with Crippen molar-refractivity contribution >= 4 is 5.69 Å². The molecule has 0 aromatic heterocycles. The Labute approximate surface area is 125 Å². The van der Waals surface area contributed by atoms with Gasteiger partial charge in [0, 0.05) is 33.3 Å². The summed E-state index contributed by atoms with van der Waals surface area (Å²) in [4.78, 5) is 1.96. The second kappa shape index (κ2) is 7.20. The van der Waals surface area contributed by atoms with Gasteiger partial charge in [-0.25, -0.2) is 4.39 Å². The normalized spacial score (nSPS) is 22.6. The van der Waals surface area contributed by atoms with Crippen LogP contribution in [0.15, 0.2) is 18.2 Å². The molecule has 5 heteroatoms. The Bertz CT molecular complexity index is 466. The summed E-state index contributed by atoms with van der Waals surface area (Å²) in [6.45, 7) is 5.01. The topological polar surface area (TPSA) is 44.7 Å². The number of rotatable bonds is 6. The summed E-state index contributed by atoms with van der Waals surface area (Å²) in [7, 11) is 1.66. The highest BCUT2D eigenvalue weighted by molar-refractivity contribution is 5.55. The van der Waals surface area contributed by atoms with E-state index in [9.17, 15) is 9.50 Å². The molecule has 0 spiro atoms. The SMILES string of the molecule is COCCNCc1cccc(F)c1N1CCCC(C)(O)C1. The third-order valence-corrected chi connectivity index (χ3v) is 3.86. The van der Waals surface area contributed by atoms with E-state index in [1.54, 1.807) is 13.2 Å². The first kappa shape index (κ1) is 16.2. The largest absolute Gasteiger partial charge is 0.388 e. The van der Waals surface area contributed by atoms with Crippen LogP contribution in [-0.4, -0.2) is 44.1 Å². The van der Waals surface area contributed by atoms with Crippen LogP contribution in [0, 0.1) is 5.82 Å². The van der Waals surface area contributed by atoms with Crippen molar-refractivity contribution < 1.29 is 14.2 Å². The van der Waals surface area contributed by atoms with E-state index in [-0.39, 0.29) is 5.82 Å². The fourth-order valence-electron chi connectivity index (χ4n) is 2.86. The van der Waals surface area contributed by atoms with Crippen LogP contribution in [-0.2, 0) is 11.3 Å². The Morgan fingerprint density at radius 2 is 2.29 bits per heavy atom. The molecule has 1 aromatic rings. The fourth-order valence-corrected chi connectivity index (χ4v) is 2.86. The standard InChI is InChI=1S/C16H25FN2O2/c1-16(20)7-4-9-19(12-16)15-13(5-3-6-14(15)17)11-18-8-10-21-2/h3,5-6,18,20H,4,7-12H2,1-2H3. The molecule has 0 aliphatic carbocycles. The van der Waals surface area contributed by atoms with Gasteiger partial charge in [0.05, 0.1) is 17.9 Å². The third-order valence-electron chi connectivity index (χ3n) is 3.86. The van der Waals surface area contributed by atoms with E-state index in [1.807, 2.05) is 17.9 Å². The molecule has 2 rings (SSSR count). The first-order chi connectivity index (χ1) is 10.0. The number of hydrogen-bond acceptors (Lipinski definition) is 4. The number of nitrogens with zero attached hydrogens (tertiary/aromatic N) is 1. The van der Waals surface area contributed by atoms with Gasteiger partial charge in [-0.15, -0.1) is 0 Å². The molecule has 1 atom stereocenters. The lowest BCUT2D eigenvalue weighted by Crippen LogP contribution is -2.46. The predicted molar refractivity (Wildman–Crippen MR) is 82.1 cm³/mol. The molecule has 4 nitrogen and oxygen atoms in total. The second-order valence-corrected chi connectivity index (χ2v) is 5.94. The highest BCUT2D eigenvalue weighted by atomic mass is 19.1. The van der Waals surface area contributed by atoms with Crippen molar-refractivity contribution in [3.05, 3.63) is 29.6 Å². The van der Waals surface area contributed by atoms with Crippen molar-refractivity contribution in [1.82, 2.24) is 5.32 Å². The number of ether oxygens (including phenoxy) is 1. The van der Waals surface area contributed by atoms with Crippen molar-refractivity contribution in [2.75, 3.05) is 38.3 Å². The van der Waals surface area contributed by atoms with Crippen LogP contribution in [0.25, 0.3) is 0 Å². The maximum Gasteiger partial charge on any atom is 0.146 e. The van der Waals surface area contributed by atoms with Crippen molar-refractivity contribution in [1.29, 1.82) is 0 Å². The number of benzene rings is 1. The number of methoxy groups -OCH3 is 1. The molecule has 2 N–H and O–H groups in total. The molecule has 1 fully saturated rings. The van der Waals surface area contributed by atoms with E-state index in [1.165, 1.54) is 6.07 Å². The van der Waals surface area contributed by atoms with Gasteiger partial charge >= 0.3 is 0 Å². The van der Waals surface area contributed by atoms with Crippen LogP contribution in [0.1, 0.15) is 25.3 Å². The van der Waals surface area contributed by atoms with Gasteiger partial charge in [-0.3, -0.25) is 0 Å². The summed E-state index contributed by atoms with van der Waals surface area (Å²) < 4.78 is 19.3. The number of anilines is 1. The molecule has 1 unspecified atom stereocenters. The monoisotopic (exact) mass is 296 g/mol. The number of nitrogens with one attached hydrogen (secondary N) is 1. The van der Waals surface area contributed by atoms with Crippen molar-refractivity contribution in [3.63, 3.8) is 0 Å². The van der Waals surface area contributed by atoms with Crippen LogP contribution in [0.2, 0.25) is 0 Å². The number of para-hydroxylation sites is 1. The van der Waals surface area contributed by atoms with E-state index >= 15 is 0 Å². The van der Waals surface area contributed by atoms with Crippen LogP contribution >= 0.6 is 0 Å². The van der Waals surface area contributed by atoms with Crippen molar-refractivity contribution in [2.45, 2.75) is 31.9 Å². The first-order valence-electron chi connectivity index (χ1n) is 7.48. The van der Waals surface area contributed by atoms with E-state index in [2.05, 4.69) is 5.32 Å². The van der Waals surface area contributed by atoms with E-state index in [0.717, 1.165) is 31.5 Å². The number of aliphatic hydroxyl groups is 1. The van der Waals surface area contributed by atoms with Crippen LogP contribution < -0.4 is 10.2 Å². The molecule has 1 aliphatic heterocycles. The van der Waals surface area contributed by atoms with Gasteiger partial charge in [0.25, 0.3) is 0 Å². The minimum absolute atomic E-state index is 0.223. The molecule has 0 radical (unpaired) electrons. The lowest BCUT2D eigenvalue weighted by Gasteiger charge is -2.39. The molecule has 1 heterocycles. The molecule has 0 bridgehead atoms. The fraction of sp³-hybridized carbons (Fsp3) is 0.625. The van der Waals surface area contributed by atoms with E-state index in [4.69, 9.17) is 4.74 Å². The molecule has 0 amide bonds. The van der Waals surface area contributed by atoms with Crippen molar-refractivity contribution in [3.8, 4) is 0 Å². The minimum atomic E-state index is -0.749. The maximum atomic E-state index is 14.3. The maximum absolute atomic E-state index is 14.3. The van der Waals surface area contributed by atoms with Gasteiger partial charge in [-0.2, -0.15) is 0 Å². The molecular weight excluding hydrogens is 271 g/mol. The average molecular weight is 296 g/mol. The Balaban J connectivity index is 2.13. The zero-order valence-electron chi connectivity index (χ0n) is 12.9. The van der Waals surface area contributed by atoms with Crippen LogP contribution in [0.5, 0.6) is 0 Å². The lowest BCUT2D eigenvalue weighted by molar-refractivity contribution is 0.0447. The van der Waals surface area contributed by atoms with E-state index in [0.29, 0.717) is 25.4 Å². The van der Waals surface area contributed by atoms with Gasteiger partial charge < -0.3 is 20.1 Å². The van der Waals surface area contributed by atoms with E-state index < -0.39 is 5.60 Å².